The first-order valence-corrected chi connectivity index (χ1v) is 11.4. The number of nitrogens with zero attached hydrogens (tertiary/aromatic N) is 5. The quantitative estimate of drug-likeness (QED) is 0.713. The van der Waals surface area contributed by atoms with Gasteiger partial charge in [0.1, 0.15) is 6.33 Å². The van der Waals surface area contributed by atoms with Crippen LogP contribution in [-0.2, 0) is 10.0 Å². The second-order valence-corrected chi connectivity index (χ2v) is 9.41. The number of sulfonamides is 1. The maximum absolute atomic E-state index is 13.0. The molecule has 1 aliphatic carbocycles. The van der Waals surface area contributed by atoms with Crippen LogP contribution in [0, 0.1) is 0 Å². The summed E-state index contributed by atoms with van der Waals surface area (Å²) in [6.07, 6.45) is 10.7. The van der Waals surface area contributed by atoms with E-state index in [-0.39, 0.29) is 17.6 Å². The Hall–Kier alpha value is -2.66. The van der Waals surface area contributed by atoms with Crippen molar-refractivity contribution in [3.05, 3.63) is 36.3 Å². The molecule has 1 saturated carbocycles. The molecular weight excluding hydrogens is 394 g/mol. The number of hydrogen-bond donors (Lipinski definition) is 2. The zero-order valence-electron chi connectivity index (χ0n) is 16.1. The predicted octanol–water partition coefficient (Wildman–Crippen LogP) is 1.04. The fraction of sp³-hybridized carbons (Fsp3) is 0.500. The lowest BCUT2D eigenvalue weighted by molar-refractivity contribution is 0.0919. The summed E-state index contributed by atoms with van der Waals surface area (Å²) in [5, 5.41) is 6.04. The van der Waals surface area contributed by atoms with Gasteiger partial charge >= 0.3 is 0 Å². The summed E-state index contributed by atoms with van der Waals surface area (Å²) in [6, 6.07) is -0.111. The highest BCUT2D eigenvalue weighted by Gasteiger charge is 2.30. The van der Waals surface area contributed by atoms with Crippen molar-refractivity contribution >= 4 is 27.4 Å². The number of nitrogens with one attached hydrogen (secondary N) is 2. The van der Waals surface area contributed by atoms with Crippen molar-refractivity contribution in [2.24, 2.45) is 0 Å². The van der Waals surface area contributed by atoms with Crippen LogP contribution in [0.5, 0.6) is 0 Å². The maximum Gasteiger partial charge on any atom is 0.273 e. The lowest BCUT2D eigenvalue weighted by Gasteiger charge is -2.30. The molecule has 4 rings (SSSR count). The normalized spacial score (nSPS) is 18.4. The number of carbonyl (C=O) groups excluding carboxylic acids is 1. The number of piperidine rings is 1. The molecule has 2 aromatic rings. The Labute approximate surface area is 169 Å². The molecule has 154 valence electrons. The van der Waals surface area contributed by atoms with Crippen molar-refractivity contribution in [2.75, 3.05) is 24.7 Å². The molecule has 0 bridgehead atoms. The summed E-state index contributed by atoms with van der Waals surface area (Å²) in [7, 11) is -3.20. The van der Waals surface area contributed by atoms with Crippen LogP contribution in [0.25, 0.3) is 0 Å². The summed E-state index contributed by atoms with van der Waals surface area (Å²) in [5.41, 5.74) is 1.65. The van der Waals surface area contributed by atoms with Crippen LogP contribution in [-0.4, -0.2) is 64.0 Å². The molecule has 1 saturated heterocycles. The highest BCUT2D eigenvalue weighted by atomic mass is 32.2. The minimum absolute atomic E-state index is 0.111. The van der Waals surface area contributed by atoms with Gasteiger partial charge in [-0.25, -0.2) is 32.7 Å². The number of hydrogen-bond acceptors (Lipinski definition) is 8. The van der Waals surface area contributed by atoms with Gasteiger partial charge in [0.15, 0.2) is 11.5 Å². The van der Waals surface area contributed by atoms with Crippen LogP contribution >= 0.6 is 0 Å². The van der Waals surface area contributed by atoms with Crippen LogP contribution in [0.3, 0.4) is 0 Å². The molecule has 0 aromatic carbocycles. The maximum atomic E-state index is 13.0. The van der Waals surface area contributed by atoms with Gasteiger partial charge in [0.25, 0.3) is 5.91 Å². The molecule has 11 heteroatoms. The zero-order valence-corrected chi connectivity index (χ0v) is 16.9. The second kappa shape index (κ2) is 7.99. The summed E-state index contributed by atoms with van der Waals surface area (Å²) >= 11 is 0. The van der Waals surface area contributed by atoms with Gasteiger partial charge in [-0.2, -0.15) is 0 Å². The molecule has 10 nitrogen and oxygen atoms in total. The molecule has 0 spiro atoms. The van der Waals surface area contributed by atoms with Gasteiger partial charge in [-0.15, -0.1) is 0 Å². The van der Waals surface area contributed by atoms with E-state index in [0.717, 1.165) is 18.5 Å². The van der Waals surface area contributed by atoms with Crippen molar-refractivity contribution in [2.45, 2.75) is 37.6 Å². The topological polar surface area (TPSA) is 130 Å². The third-order valence-electron chi connectivity index (χ3n) is 5.08. The largest absolute Gasteiger partial charge is 0.348 e. The van der Waals surface area contributed by atoms with E-state index in [0.29, 0.717) is 43.4 Å². The molecule has 2 fully saturated rings. The van der Waals surface area contributed by atoms with Crippen LogP contribution in [0.1, 0.15) is 47.8 Å². The van der Waals surface area contributed by atoms with E-state index in [1.807, 2.05) is 0 Å². The molecule has 1 amide bonds. The van der Waals surface area contributed by atoms with Gasteiger partial charge in [-0.3, -0.25) is 4.79 Å². The first-order valence-electron chi connectivity index (χ1n) is 9.55. The van der Waals surface area contributed by atoms with Gasteiger partial charge in [-0.05, 0) is 25.7 Å². The van der Waals surface area contributed by atoms with Crippen molar-refractivity contribution in [3.63, 3.8) is 0 Å². The highest BCUT2D eigenvalue weighted by Crippen LogP contribution is 2.39. The van der Waals surface area contributed by atoms with E-state index in [1.165, 1.54) is 16.9 Å². The summed E-state index contributed by atoms with van der Waals surface area (Å²) in [4.78, 5) is 29.9. The average Bonchev–Trinajstić information content (AvgIpc) is 3.54. The highest BCUT2D eigenvalue weighted by molar-refractivity contribution is 7.88. The van der Waals surface area contributed by atoms with Gasteiger partial charge in [0, 0.05) is 25.0 Å². The first kappa shape index (κ1) is 19.6. The molecule has 2 aromatic heterocycles. The van der Waals surface area contributed by atoms with Gasteiger partial charge < -0.3 is 10.6 Å². The summed E-state index contributed by atoms with van der Waals surface area (Å²) in [5.74, 6) is 0.383. The monoisotopic (exact) mass is 417 g/mol. The van der Waals surface area contributed by atoms with E-state index in [4.69, 9.17) is 0 Å². The third-order valence-corrected chi connectivity index (χ3v) is 6.39. The SMILES string of the molecule is CS(=O)(=O)N1CCC(NC(=O)c2nc(C3CC3)cnc2Nc2cncnc2)CC1. The van der Waals surface area contributed by atoms with Crippen LogP contribution in [0.15, 0.2) is 24.9 Å². The fourth-order valence-corrected chi connectivity index (χ4v) is 4.19. The molecule has 0 unspecified atom stereocenters. The van der Waals surface area contributed by atoms with E-state index in [1.54, 1.807) is 18.6 Å². The predicted molar refractivity (Wildman–Crippen MR) is 106 cm³/mol. The number of amides is 1. The van der Waals surface area contributed by atoms with Gasteiger partial charge in [0.2, 0.25) is 10.0 Å². The van der Waals surface area contributed by atoms with Crippen LogP contribution in [0.2, 0.25) is 0 Å². The number of anilines is 2. The fourth-order valence-electron chi connectivity index (χ4n) is 3.31. The Morgan fingerprint density at radius 2 is 1.79 bits per heavy atom. The Bertz CT molecular complexity index is 988. The van der Waals surface area contributed by atoms with Gasteiger partial charge in [-0.1, -0.05) is 0 Å². The van der Waals surface area contributed by atoms with Crippen molar-refractivity contribution < 1.29 is 13.2 Å². The minimum Gasteiger partial charge on any atom is -0.348 e. The minimum atomic E-state index is -3.20. The molecule has 2 aliphatic rings. The number of carbonyl (C=O) groups is 1. The molecular formula is C18H23N7O3S. The van der Waals surface area contributed by atoms with E-state index in [2.05, 4.69) is 30.6 Å². The molecule has 3 heterocycles. The summed E-state index contributed by atoms with van der Waals surface area (Å²) < 4.78 is 24.8. The lowest BCUT2D eigenvalue weighted by atomic mass is 10.1. The van der Waals surface area contributed by atoms with Crippen molar-refractivity contribution in [3.8, 4) is 0 Å². The van der Waals surface area contributed by atoms with Gasteiger partial charge in [0.05, 0.1) is 36.2 Å². The first-order chi connectivity index (χ1) is 13.9. The summed E-state index contributed by atoms with van der Waals surface area (Å²) in [6.45, 7) is 0.786. The van der Waals surface area contributed by atoms with Crippen LogP contribution < -0.4 is 10.6 Å². The standard InChI is InChI=1S/C18H23N7O3S/c1-29(27,28)25-6-4-13(5-7-25)23-18(26)16-17(22-14-8-19-11-20-9-14)21-10-15(24-16)12-2-3-12/h8-13H,2-7H2,1H3,(H,21,22)(H,23,26). The van der Waals surface area contributed by atoms with Crippen LogP contribution in [0.4, 0.5) is 11.5 Å². The lowest BCUT2D eigenvalue weighted by Crippen LogP contribution is -2.46. The average molecular weight is 417 g/mol. The van der Waals surface area contributed by atoms with E-state index >= 15 is 0 Å². The third kappa shape index (κ3) is 4.85. The molecule has 1 aliphatic heterocycles. The molecule has 0 radical (unpaired) electrons. The smallest absolute Gasteiger partial charge is 0.273 e. The van der Waals surface area contributed by atoms with E-state index in [9.17, 15) is 13.2 Å². The molecule has 2 N–H and O–H groups in total. The van der Waals surface area contributed by atoms with E-state index < -0.39 is 10.0 Å². The Morgan fingerprint density at radius 3 is 2.41 bits per heavy atom. The Kier molecular flexibility index (Phi) is 5.41. The Balaban J connectivity index is 1.50. The molecule has 29 heavy (non-hydrogen) atoms. The van der Waals surface area contributed by atoms with Crippen molar-refractivity contribution in [1.82, 2.24) is 29.6 Å². The van der Waals surface area contributed by atoms with Crippen molar-refractivity contribution in [1.29, 1.82) is 0 Å². The zero-order chi connectivity index (χ0) is 20.4. The second-order valence-electron chi connectivity index (χ2n) is 7.43. The molecule has 0 atom stereocenters. The number of aromatic nitrogens is 4. The Morgan fingerprint density at radius 1 is 1.10 bits per heavy atom. The number of rotatable bonds is 6.